The number of fused-ring (bicyclic) bond motifs is 2. The molecular formula is C20H15NO. The third kappa shape index (κ3) is 2.19. The first kappa shape index (κ1) is 12.8. The summed E-state index contributed by atoms with van der Waals surface area (Å²) >= 11 is 0. The Labute approximate surface area is 128 Å². The van der Waals surface area contributed by atoms with Gasteiger partial charge in [-0.25, -0.2) is 4.98 Å². The summed E-state index contributed by atoms with van der Waals surface area (Å²) in [6, 6.07) is 23.9. The van der Waals surface area contributed by atoms with Crippen LogP contribution >= 0.6 is 0 Å². The van der Waals surface area contributed by atoms with Gasteiger partial charge in [0, 0.05) is 10.8 Å². The molecule has 1 heterocycles. The Morgan fingerprint density at radius 3 is 1.82 bits per heavy atom. The first-order valence-electron chi connectivity index (χ1n) is 7.35. The first-order chi connectivity index (χ1) is 10.8. The van der Waals surface area contributed by atoms with Gasteiger partial charge < -0.3 is 5.11 Å². The molecule has 4 aromatic rings. The fraction of sp³-hybridized carbons (Fsp3) is 0.0500. The van der Waals surface area contributed by atoms with Gasteiger partial charge in [0.1, 0.15) is 5.75 Å². The molecule has 0 amide bonds. The van der Waals surface area contributed by atoms with Gasteiger partial charge in [0.05, 0.1) is 11.0 Å². The van der Waals surface area contributed by atoms with Gasteiger partial charge in [-0.3, -0.25) is 0 Å². The van der Waals surface area contributed by atoms with Crippen LogP contribution in [0.5, 0.6) is 5.75 Å². The number of hydrogen-bond donors (Lipinski definition) is 1. The maximum Gasteiger partial charge on any atom is 0.115 e. The van der Waals surface area contributed by atoms with Gasteiger partial charge in [-0.2, -0.15) is 0 Å². The first-order valence-corrected chi connectivity index (χ1v) is 7.35. The lowest BCUT2D eigenvalue weighted by Crippen LogP contribution is -1.94. The summed E-state index contributed by atoms with van der Waals surface area (Å²) in [4.78, 5) is 4.75. The average molecular weight is 285 g/mol. The Morgan fingerprint density at radius 2 is 1.23 bits per heavy atom. The summed E-state index contributed by atoms with van der Waals surface area (Å²) in [5.74, 6) is 0.299. The minimum absolute atomic E-state index is 0.299. The van der Waals surface area contributed by atoms with Gasteiger partial charge in [0.2, 0.25) is 0 Å². The molecule has 0 aliphatic rings. The third-order valence-corrected chi connectivity index (χ3v) is 4.02. The highest BCUT2D eigenvalue weighted by molar-refractivity contribution is 5.97. The predicted molar refractivity (Wildman–Crippen MR) is 90.2 cm³/mol. The number of pyridine rings is 1. The molecule has 0 fully saturated rings. The minimum atomic E-state index is 0.299. The highest BCUT2D eigenvalue weighted by atomic mass is 16.3. The van der Waals surface area contributed by atoms with Gasteiger partial charge in [-0.05, 0) is 41.8 Å². The van der Waals surface area contributed by atoms with Crippen molar-refractivity contribution in [2.75, 3.05) is 0 Å². The molecule has 0 saturated heterocycles. The van der Waals surface area contributed by atoms with Crippen molar-refractivity contribution >= 4 is 21.8 Å². The molecule has 0 aliphatic heterocycles. The van der Waals surface area contributed by atoms with Crippen LogP contribution in [0.15, 0.2) is 72.8 Å². The van der Waals surface area contributed by atoms with Crippen LogP contribution in [0.3, 0.4) is 0 Å². The smallest absolute Gasteiger partial charge is 0.115 e. The quantitative estimate of drug-likeness (QED) is 0.542. The normalized spacial score (nSPS) is 11.1. The predicted octanol–water partition coefficient (Wildman–Crippen LogP) is 4.68. The van der Waals surface area contributed by atoms with Crippen molar-refractivity contribution in [1.29, 1.82) is 0 Å². The largest absolute Gasteiger partial charge is 0.508 e. The van der Waals surface area contributed by atoms with E-state index in [4.69, 9.17) is 4.98 Å². The van der Waals surface area contributed by atoms with E-state index in [0.29, 0.717) is 5.75 Å². The summed E-state index contributed by atoms with van der Waals surface area (Å²) < 4.78 is 0. The molecule has 0 saturated carbocycles. The van der Waals surface area contributed by atoms with Crippen molar-refractivity contribution in [1.82, 2.24) is 4.98 Å². The number of benzene rings is 3. The summed E-state index contributed by atoms with van der Waals surface area (Å²) in [7, 11) is 0. The zero-order valence-electron chi connectivity index (χ0n) is 12.0. The van der Waals surface area contributed by atoms with Crippen LogP contribution in [-0.2, 0) is 6.42 Å². The summed E-state index contributed by atoms with van der Waals surface area (Å²) in [6.45, 7) is 0. The maximum atomic E-state index is 9.46. The summed E-state index contributed by atoms with van der Waals surface area (Å²) in [5, 5.41) is 11.8. The van der Waals surface area contributed by atoms with Crippen LogP contribution in [-0.4, -0.2) is 10.1 Å². The van der Waals surface area contributed by atoms with Crippen LogP contribution in [0.25, 0.3) is 21.8 Å². The highest BCUT2D eigenvalue weighted by Gasteiger charge is 2.09. The zero-order valence-corrected chi connectivity index (χ0v) is 12.0. The second kappa shape index (κ2) is 5.15. The second-order valence-corrected chi connectivity index (χ2v) is 5.47. The van der Waals surface area contributed by atoms with Crippen LogP contribution < -0.4 is 0 Å². The molecule has 2 heteroatoms. The molecule has 0 unspecified atom stereocenters. The molecule has 4 rings (SSSR count). The van der Waals surface area contributed by atoms with Crippen LogP contribution in [0.4, 0.5) is 0 Å². The fourth-order valence-electron chi connectivity index (χ4n) is 2.94. The van der Waals surface area contributed by atoms with Crippen molar-refractivity contribution in [2.24, 2.45) is 0 Å². The molecule has 3 aromatic carbocycles. The average Bonchev–Trinajstić information content (AvgIpc) is 2.56. The number of hydrogen-bond acceptors (Lipinski definition) is 2. The number of para-hydroxylation sites is 2. The lowest BCUT2D eigenvalue weighted by molar-refractivity contribution is 0.475. The van der Waals surface area contributed by atoms with Gasteiger partial charge in [0.25, 0.3) is 0 Å². The van der Waals surface area contributed by atoms with E-state index < -0.39 is 0 Å². The molecule has 2 nitrogen and oxygen atoms in total. The topological polar surface area (TPSA) is 33.1 Å². The van der Waals surface area contributed by atoms with E-state index in [0.717, 1.165) is 17.5 Å². The molecule has 0 spiro atoms. The van der Waals surface area contributed by atoms with Crippen LogP contribution in [0.2, 0.25) is 0 Å². The number of aromatic hydroxyl groups is 1. The SMILES string of the molecule is Oc1ccc(Cc2c3ccccc3nc3ccccc23)cc1. The van der Waals surface area contributed by atoms with Crippen LogP contribution in [0, 0.1) is 0 Å². The Bertz CT molecular complexity index is 904. The zero-order chi connectivity index (χ0) is 14.9. The van der Waals surface area contributed by atoms with E-state index in [9.17, 15) is 5.11 Å². The van der Waals surface area contributed by atoms with E-state index in [1.54, 1.807) is 12.1 Å². The third-order valence-electron chi connectivity index (χ3n) is 4.02. The van der Waals surface area contributed by atoms with E-state index in [1.807, 2.05) is 24.3 Å². The molecule has 0 aliphatic carbocycles. The lowest BCUT2D eigenvalue weighted by atomic mass is 9.96. The number of rotatable bonds is 2. The van der Waals surface area contributed by atoms with E-state index >= 15 is 0 Å². The minimum Gasteiger partial charge on any atom is -0.508 e. The van der Waals surface area contributed by atoms with Crippen molar-refractivity contribution < 1.29 is 5.11 Å². The van der Waals surface area contributed by atoms with E-state index in [1.165, 1.54) is 21.9 Å². The number of nitrogens with zero attached hydrogens (tertiary/aromatic N) is 1. The Hall–Kier alpha value is -2.87. The second-order valence-electron chi connectivity index (χ2n) is 5.47. The van der Waals surface area contributed by atoms with Crippen LogP contribution in [0.1, 0.15) is 11.1 Å². The molecule has 0 atom stereocenters. The molecular weight excluding hydrogens is 270 g/mol. The van der Waals surface area contributed by atoms with Gasteiger partial charge >= 0.3 is 0 Å². The van der Waals surface area contributed by atoms with Crippen molar-refractivity contribution in [2.45, 2.75) is 6.42 Å². The van der Waals surface area contributed by atoms with Gasteiger partial charge in [-0.15, -0.1) is 0 Å². The molecule has 22 heavy (non-hydrogen) atoms. The van der Waals surface area contributed by atoms with E-state index in [2.05, 4.69) is 36.4 Å². The number of aromatic nitrogens is 1. The Kier molecular flexibility index (Phi) is 3.01. The lowest BCUT2D eigenvalue weighted by Gasteiger charge is -2.11. The molecule has 1 N–H and O–H groups in total. The molecule has 0 bridgehead atoms. The number of phenols is 1. The van der Waals surface area contributed by atoms with Gasteiger partial charge in [0.15, 0.2) is 0 Å². The monoisotopic (exact) mass is 285 g/mol. The molecule has 0 radical (unpaired) electrons. The Balaban J connectivity index is 1.97. The Morgan fingerprint density at radius 1 is 0.682 bits per heavy atom. The number of phenolic OH excluding ortho intramolecular Hbond substituents is 1. The summed E-state index contributed by atoms with van der Waals surface area (Å²) in [5.41, 5.74) is 4.51. The fourth-order valence-corrected chi connectivity index (χ4v) is 2.94. The maximum absolute atomic E-state index is 9.46. The van der Waals surface area contributed by atoms with Gasteiger partial charge in [-0.1, -0.05) is 48.5 Å². The van der Waals surface area contributed by atoms with Crippen molar-refractivity contribution in [3.63, 3.8) is 0 Å². The standard InChI is InChI=1S/C20H15NO/c22-15-11-9-14(10-12-15)13-18-16-5-1-3-7-19(16)21-20-8-4-2-6-17(18)20/h1-12,22H,13H2. The molecule has 1 aromatic heterocycles. The highest BCUT2D eigenvalue weighted by Crippen LogP contribution is 2.28. The van der Waals surface area contributed by atoms with Crippen molar-refractivity contribution in [3.8, 4) is 5.75 Å². The molecule has 106 valence electrons. The van der Waals surface area contributed by atoms with Crippen molar-refractivity contribution in [3.05, 3.63) is 83.9 Å². The van der Waals surface area contributed by atoms with E-state index in [-0.39, 0.29) is 0 Å². The summed E-state index contributed by atoms with van der Waals surface area (Å²) in [6.07, 6.45) is 0.823.